The van der Waals surface area contributed by atoms with Crippen LogP contribution in [0.5, 0.6) is 0 Å². The largest absolute Gasteiger partial charge is 0.395 e. The number of aliphatic hydroxyl groups is 1. The minimum atomic E-state index is 0.203. The number of aliphatic hydroxyl groups excluding tert-OH is 1. The van der Waals surface area contributed by atoms with Gasteiger partial charge in [-0.2, -0.15) is 0 Å². The Labute approximate surface area is 111 Å². The number of hydrogen-bond donors (Lipinski definition) is 2. The van der Waals surface area contributed by atoms with Gasteiger partial charge in [-0.1, -0.05) is 26.0 Å². The summed E-state index contributed by atoms with van der Waals surface area (Å²) in [5.41, 5.74) is 2.49. The highest BCUT2D eigenvalue weighted by Gasteiger charge is 2.14. The molecule has 3 nitrogen and oxygen atoms in total. The number of hydrogen-bond acceptors (Lipinski definition) is 3. The van der Waals surface area contributed by atoms with E-state index in [4.69, 9.17) is 0 Å². The van der Waals surface area contributed by atoms with E-state index in [0.29, 0.717) is 12.6 Å². The van der Waals surface area contributed by atoms with Crippen molar-refractivity contribution < 1.29 is 5.11 Å². The van der Waals surface area contributed by atoms with Crippen LogP contribution >= 0.6 is 0 Å². The number of benzene rings is 1. The third-order valence-corrected chi connectivity index (χ3v) is 3.37. The predicted octanol–water partition coefficient (Wildman–Crippen LogP) is 2.39. The van der Waals surface area contributed by atoms with Crippen LogP contribution in [0.3, 0.4) is 0 Å². The van der Waals surface area contributed by atoms with Gasteiger partial charge in [-0.25, -0.2) is 0 Å². The summed E-state index contributed by atoms with van der Waals surface area (Å²) in [7, 11) is 1.95. The molecule has 0 spiro atoms. The van der Waals surface area contributed by atoms with Crippen LogP contribution in [0.2, 0.25) is 0 Å². The summed E-state index contributed by atoms with van der Waals surface area (Å²) in [6.07, 6.45) is 2.21. The van der Waals surface area contributed by atoms with Crippen molar-refractivity contribution in [3.63, 3.8) is 0 Å². The number of rotatable bonds is 8. The van der Waals surface area contributed by atoms with Crippen molar-refractivity contribution >= 4 is 5.69 Å². The molecule has 0 bridgehead atoms. The van der Waals surface area contributed by atoms with E-state index < -0.39 is 0 Å². The van der Waals surface area contributed by atoms with Gasteiger partial charge < -0.3 is 15.3 Å². The first-order valence-corrected chi connectivity index (χ1v) is 6.87. The third-order valence-electron chi connectivity index (χ3n) is 3.37. The second kappa shape index (κ2) is 8.11. The molecule has 0 fully saturated rings. The molecule has 1 aromatic carbocycles. The van der Waals surface area contributed by atoms with Gasteiger partial charge in [-0.3, -0.25) is 0 Å². The maximum Gasteiger partial charge on any atom is 0.0606 e. The molecule has 0 saturated heterocycles. The summed E-state index contributed by atoms with van der Waals surface area (Å²) in [4.78, 5) is 2.31. The molecule has 1 rings (SSSR count). The first-order valence-electron chi connectivity index (χ1n) is 6.87. The highest BCUT2D eigenvalue weighted by Crippen LogP contribution is 2.20. The predicted molar refractivity (Wildman–Crippen MR) is 78.0 cm³/mol. The molecule has 0 unspecified atom stereocenters. The van der Waals surface area contributed by atoms with Crippen molar-refractivity contribution in [2.75, 3.05) is 25.1 Å². The van der Waals surface area contributed by atoms with Crippen LogP contribution in [-0.2, 0) is 6.54 Å². The Morgan fingerprint density at radius 2 is 1.78 bits per heavy atom. The molecule has 0 aliphatic rings. The fourth-order valence-corrected chi connectivity index (χ4v) is 2.37. The maximum absolute atomic E-state index is 9.23. The third kappa shape index (κ3) is 4.00. The molecule has 0 aliphatic carbocycles. The molecule has 18 heavy (non-hydrogen) atoms. The zero-order valence-corrected chi connectivity index (χ0v) is 11.8. The molecule has 102 valence electrons. The molecule has 0 atom stereocenters. The van der Waals surface area contributed by atoms with Gasteiger partial charge in [0.25, 0.3) is 0 Å². The normalized spacial score (nSPS) is 10.9. The van der Waals surface area contributed by atoms with E-state index in [1.807, 2.05) is 7.05 Å². The van der Waals surface area contributed by atoms with Gasteiger partial charge in [-0.15, -0.1) is 0 Å². The van der Waals surface area contributed by atoms with E-state index in [0.717, 1.165) is 19.4 Å². The molecule has 0 radical (unpaired) electrons. The average molecular weight is 250 g/mol. The molecule has 2 N–H and O–H groups in total. The van der Waals surface area contributed by atoms with Gasteiger partial charge in [0.2, 0.25) is 0 Å². The van der Waals surface area contributed by atoms with Gasteiger partial charge in [0.15, 0.2) is 0 Å². The zero-order chi connectivity index (χ0) is 13.4. The van der Waals surface area contributed by atoms with Gasteiger partial charge in [0.05, 0.1) is 6.61 Å². The quantitative estimate of drug-likeness (QED) is 0.743. The average Bonchev–Trinajstić information content (AvgIpc) is 2.40. The van der Waals surface area contributed by atoms with Crippen LogP contribution < -0.4 is 10.2 Å². The van der Waals surface area contributed by atoms with Crippen LogP contribution in [0.1, 0.15) is 32.3 Å². The molecule has 0 saturated carbocycles. The molecule has 3 heteroatoms. The van der Waals surface area contributed by atoms with E-state index >= 15 is 0 Å². The van der Waals surface area contributed by atoms with Crippen LogP contribution in [0.4, 0.5) is 5.69 Å². The lowest BCUT2D eigenvalue weighted by atomic mass is 10.1. The lowest BCUT2D eigenvalue weighted by Gasteiger charge is -2.32. The lowest BCUT2D eigenvalue weighted by Crippen LogP contribution is -2.36. The fourth-order valence-electron chi connectivity index (χ4n) is 2.37. The van der Waals surface area contributed by atoms with Crippen LogP contribution in [0.15, 0.2) is 24.3 Å². The first kappa shape index (κ1) is 15.0. The molecule has 0 aliphatic heterocycles. The van der Waals surface area contributed by atoms with Gasteiger partial charge in [0.1, 0.15) is 0 Å². The molecule has 1 aromatic rings. The van der Waals surface area contributed by atoms with E-state index in [1.165, 1.54) is 11.3 Å². The van der Waals surface area contributed by atoms with Crippen molar-refractivity contribution in [3.8, 4) is 0 Å². The molecular formula is C15H26N2O. The summed E-state index contributed by atoms with van der Waals surface area (Å²) in [6.45, 7) is 6.21. The van der Waals surface area contributed by atoms with Gasteiger partial charge in [-0.05, 0) is 37.6 Å². The van der Waals surface area contributed by atoms with Gasteiger partial charge in [0, 0.05) is 24.8 Å². The fraction of sp³-hybridized carbons (Fsp3) is 0.600. The standard InChI is InChI=1S/C15H26N2O/c1-4-14(5-2)17(10-11-18)15-8-6-13(7-9-15)12-16-3/h6-9,14,16,18H,4-5,10-12H2,1-3H3. The van der Waals surface area contributed by atoms with Crippen molar-refractivity contribution in [3.05, 3.63) is 29.8 Å². The van der Waals surface area contributed by atoms with Crippen LogP contribution in [-0.4, -0.2) is 31.3 Å². The SMILES string of the molecule is CCC(CC)N(CCO)c1ccc(CNC)cc1. The highest BCUT2D eigenvalue weighted by atomic mass is 16.3. The summed E-state index contributed by atoms with van der Waals surface area (Å²) in [5, 5.41) is 12.4. The Morgan fingerprint density at radius 3 is 2.22 bits per heavy atom. The van der Waals surface area contributed by atoms with Crippen LogP contribution in [0, 0.1) is 0 Å². The second-order valence-corrected chi connectivity index (χ2v) is 4.58. The Hall–Kier alpha value is -1.06. The smallest absolute Gasteiger partial charge is 0.0606 e. The zero-order valence-electron chi connectivity index (χ0n) is 11.8. The minimum absolute atomic E-state index is 0.203. The monoisotopic (exact) mass is 250 g/mol. The topological polar surface area (TPSA) is 35.5 Å². The summed E-state index contributed by atoms with van der Waals surface area (Å²) in [5.74, 6) is 0. The highest BCUT2D eigenvalue weighted by molar-refractivity contribution is 5.48. The summed E-state index contributed by atoms with van der Waals surface area (Å²) < 4.78 is 0. The van der Waals surface area contributed by atoms with E-state index in [2.05, 4.69) is 48.3 Å². The Morgan fingerprint density at radius 1 is 1.17 bits per heavy atom. The minimum Gasteiger partial charge on any atom is -0.395 e. The Kier molecular flexibility index (Phi) is 6.76. The molecular weight excluding hydrogens is 224 g/mol. The maximum atomic E-state index is 9.23. The number of anilines is 1. The van der Waals surface area contributed by atoms with E-state index in [1.54, 1.807) is 0 Å². The summed E-state index contributed by atoms with van der Waals surface area (Å²) >= 11 is 0. The first-order chi connectivity index (χ1) is 8.76. The van der Waals surface area contributed by atoms with Crippen molar-refractivity contribution in [1.82, 2.24) is 5.32 Å². The van der Waals surface area contributed by atoms with Crippen molar-refractivity contribution in [2.45, 2.75) is 39.3 Å². The van der Waals surface area contributed by atoms with E-state index in [-0.39, 0.29) is 6.61 Å². The number of nitrogens with one attached hydrogen (secondary N) is 1. The van der Waals surface area contributed by atoms with Crippen molar-refractivity contribution in [1.29, 1.82) is 0 Å². The molecule has 0 aromatic heterocycles. The Balaban J connectivity index is 2.84. The number of nitrogens with zero attached hydrogens (tertiary/aromatic N) is 1. The second-order valence-electron chi connectivity index (χ2n) is 4.58. The molecule has 0 heterocycles. The lowest BCUT2D eigenvalue weighted by molar-refractivity contribution is 0.296. The van der Waals surface area contributed by atoms with Crippen molar-refractivity contribution in [2.24, 2.45) is 0 Å². The summed E-state index contributed by atoms with van der Waals surface area (Å²) in [6, 6.07) is 9.12. The Bertz CT molecular complexity index is 320. The van der Waals surface area contributed by atoms with E-state index in [9.17, 15) is 5.11 Å². The van der Waals surface area contributed by atoms with Gasteiger partial charge >= 0.3 is 0 Å². The molecule has 0 amide bonds. The van der Waals surface area contributed by atoms with Crippen LogP contribution in [0.25, 0.3) is 0 Å².